The smallest absolute Gasteiger partial charge is 0.409 e. The number of carbonyl (C=O) groups is 3. The van der Waals surface area contributed by atoms with Gasteiger partial charge in [0.05, 0.1) is 30.3 Å². The highest BCUT2D eigenvalue weighted by molar-refractivity contribution is 6.06. The highest BCUT2D eigenvalue weighted by Gasteiger charge is 2.37. The Morgan fingerprint density at radius 3 is 2.44 bits per heavy atom. The maximum absolute atomic E-state index is 13.3. The third-order valence-electron chi connectivity index (χ3n) is 5.31. The van der Waals surface area contributed by atoms with Crippen molar-refractivity contribution in [2.45, 2.75) is 51.8 Å². The van der Waals surface area contributed by atoms with Crippen LogP contribution in [0.25, 0.3) is 0 Å². The molecule has 4 rings (SSSR count). The molecule has 0 bridgehead atoms. The summed E-state index contributed by atoms with van der Waals surface area (Å²) in [5.41, 5.74) is 2.63. The Morgan fingerprint density at radius 1 is 1.14 bits per heavy atom. The normalized spacial score (nSPS) is 14.4. The molecule has 1 heterocycles. The van der Waals surface area contributed by atoms with Gasteiger partial charge in [-0.2, -0.15) is 8.78 Å². The number of nitrogens with zero attached hydrogens (tertiary/aromatic N) is 1. The summed E-state index contributed by atoms with van der Waals surface area (Å²) in [6.45, 7) is -1.25. The molecule has 194 valence electrons. The number of alkyl halides is 2. The summed E-state index contributed by atoms with van der Waals surface area (Å²) in [7, 11) is 0. The lowest BCUT2D eigenvalue weighted by molar-refractivity contribution is -0.130. The number of amides is 3. The Hall–Kier alpha value is -3.93. The van der Waals surface area contributed by atoms with Crippen molar-refractivity contribution in [3.8, 4) is 11.5 Å². The zero-order valence-corrected chi connectivity index (χ0v) is 19.5. The summed E-state index contributed by atoms with van der Waals surface area (Å²) < 4.78 is 35.3. The molecule has 0 spiro atoms. The van der Waals surface area contributed by atoms with Crippen LogP contribution >= 0.6 is 0 Å². The van der Waals surface area contributed by atoms with E-state index < -0.39 is 30.6 Å². The molecule has 1 aliphatic heterocycles. The van der Waals surface area contributed by atoms with E-state index in [0.29, 0.717) is 11.1 Å². The first-order valence-corrected chi connectivity index (χ1v) is 11.3. The molecule has 0 aromatic heterocycles. The van der Waals surface area contributed by atoms with Crippen LogP contribution in [0, 0.1) is 0 Å². The molecule has 4 N–H and O–H groups in total. The second-order valence-electron chi connectivity index (χ2n) is 8.04. The van der Waals surface area contributed by atoms with Gasteiger partial charge in [-0.1, -0.05) is 37.5 Å². The van der Waals surface area contributed by atoms with Crippen LogP contribution in [0.3, 0.4) is 0 Å². The lowest BCUT2D eigenvalue weighted by atomic mass is 10.0. The molecule has 1 fully saturated rings. The van der Waals surface area contributed by atoms with E-state index >= 15 is 0 Å². The van der Waals surface area contributed by atoms with E-state index in [4.69, 9.17) is 15.1 Å². The fraction of sp³-hybridized carbons (Fsp3) is 0.375. The molecule has 2 aliphatic rings. The largest absolute Gasteiger partial charge is 0.490 e. The van der Waals surface area contributed by atoms with E-state index in [0.717, 1.165) is 0 Å². The number of halogens is 2. The molecule has 2 aromatic rings. The van der Waals surface area contributed by atoms with Gasteiger partial charge in [0.15, 0.2) is 11.5 Å². The number of hydrogen-bond donors (Lipinski definition) is 4. The van der Waals surface area contributed by atoms with Gasteiger partial charge < -0.3 is 19.5 Å². The third-order valence-corrected chi connectivity index (χ3v) is 5.31. The van der Waals surface area contributed by atoms with Gasteiger partial charge in [0.25, 0.3) is 5.91 Å². The van der Waals surface area contributed by atoms with E-state index in [-0.39, 0.29) is 42.3 Å². The Morgan fingerprint density at radius 2 is 1.86 bits per heavy atom. The van der Waals surface area contributed by atoms with Crippen molar-refractivity contribution in [3.05, 3.63) is 53.1 Å². The van der Waals surface area contributed by atoms with Gasteiger partial charge >= 0.3 is 12.7 Å². The van der Waals surface area contributed by atoms with Gasteiger partial charge in [-0.05, 0) is 36.2 Å². The second-order valence-corrected chi connectivity index (χ2v) is 8.04. The molecule has 1 saturated carbocycles. The number of benzene rings is 2. The third kappa shape index (κ3) is 6.81. The lowest BCUT2D eigenvalue weighted by Crippen LogP contribution is -2.33. The van der Waals surface area contributed by atoms with Crippen LogP contribution in [0.15, 0.2) is 36.4 Å². The molecule has 1 atom stereocenters. The predicted molar refractivity (Wildman–Crippen MR) is 123 cm³/mol. The minimum atomic E-state index is -3.08. The highest BCUT2D eigenvalue weighted by Crippen LogP contribution is 2.39. The predicted octanol–water partition coefficient (Wildman–Crippen LogP) is 4.54. The SMILES string of the molecule is C1CC1.CCOc1cc(C(CC(=O)NO)N2Cc3cccc(NC(=O)O)c3C2=O)ccc1OC(F)F. The van der Waals surface area contributed by atoms with Crippen LogP contribution in [-0.4, -0.2) is 46.3 Å². The Kier molecular flexibility index (Phi) is 9.01. The molecule has 36 heavy (non-hydrogen) atoms. The van der Waals surface area contributed by atoms with Crippen LogP contribution in [0.4, 0.5) is 19.3 Å². The first-order valence-electron chi connectivity index (χ1n) is 11.3. The monoisotopic (exact) mass is 507 g/mol. The zero-order valence-electron chi connectivity index (χ0n) is 19.5. The number of hydroxylamine groups is 1. The van der Waals surface area contributed by atoms with Crippen LogP contribution in [0.5, 0.6) is 11.5 Å². The Balaban J connectivity index is 0.00000112. The summed E-state index contributed by atoms with van der Waals surface area (Å²) in [4.78, 5) is 37.7. The number of nitrogens with one attached hydrogen (secondary N) is 2. The number of hydrogen-bond acceptors (Lipinski definition) is 6. The fourth-order valence-corrected chi connectivity index (χ4v) is 3.68. The molecule has 1 aliphatic carbocycles. The number of rotatable bonds is 9. The highest BCUT2D eigenvalue weighted by atomic mass is 19.3. The summed E-state index contributed by atoms with van der Waals surface area (Å²) in [5.74, 6) is -1.57. The summed E-state index contributed by atoms with van der Waals surface area (Å²) in [6.07, 6.45) is 2.79. The van der Waals surface area contributed by atoms with E-state index in [1.54, 1.807) is 19.1 Å². The van der Waals surface area contributed by atoms with E-state index in [1.807, 2.05) is 0 Å². The topological polar surface area (TPSA) is 137 Å². The maximum Gasteiger partial charge on any atom is 0.409 e. The molecule has 2 aromatic carbocycles. The minimum absolute atomic E-state index is 0.0119. The van der Waals surface area contributed by atoms with Gasteiger partial charge in [-0.3, -0.25) is 20.1 Å². The van der Waals surface area contributed by atoms with Crippen molar-refractivity contribution in [2.24, 2.45) is 0 Å². The van der Waals surface area contributed by atoms with Gasteiger partial charge in [-0.25, -0.2) is 10.3 Å². The number of anilines is 1. The molecular formula is C24H27F2N3O7. The van der Waals surface area contributed by atoms with Gasteiger partial charge in [0, 0.05) is 6.54 Å². The van der Waals surface area contributed by atoms with Gasteiger partial charge in [0.1, 0.15) is 0 Å². The molecule has 0 saturated heterocycles. The van der Waals surface area contributed by atoms with Crippen molar-refractivity contribution < 1.29 is 43.0 Å². The Labute approximate surface area is 205 Å². The van der Waals surface area contributed by atoms with Crippen LogP contribution < -0.4 is 20.3 Å². The lowest BCUT2D eigenvalue weighted by Gasteiger charge is -2.28. The first-order chi connectivity index (χ1) is 17.2. The van der Waals surface area contributed by atoms with E-state index in [2.05, 4.69) is 10.1 Å². The minimum Gasteiger partial charge on any atom is -0.490 e. The van der Waals surface area contributed by atoms with Gasteiger partial charge in [0.2, 0.25) is 5.91 Å². The fourth-order valence-electron chi connectivity index (χ4n) is 3.68. The quantitative estimate of drug-likeness (QED) is 0.289. The summed E-state index contributed by atoms with van der Waals surface area (Å²) in [6, 6.07) is 7.75. The van der Waals surface area contributed by atoms with Crippen LogP contribution in [0.2, 0.25) is 0 Å². The molecule has 3 amide bonds. The standard InChI is InChI=1S/C21H21F2N3O7.C3H6/c1-2-32-16-8-11(6-7-15(16)33-20(22)23)14(9-17(27)25-31)26-10-12-4-3-5-13(24-21(29)30)18(12)19(26)28;1-2-3-1/h3-8,14,20,24,31H,2,9-10H2,1H3,(H,25,27)(H,29,30);1-3H2. The van der Waals surface area contributed by atoms with Crippen molar-refractivity contribution in [1.29, 1.82) is 0 Å². The molecule has 1 unspecified atom stereocenters. The molecular weight excluding hydrogens is 480 g/mol. The number of carboxylic acid groups (broad SMARTS) is 1. The number of carbonyl (C=O) groups excluding carboxylic acids is 2. The van der Waals surface area contributed by atoms with Crippen molar-refractivity contribution in [2.75, 3.05) is 11.9 Å². The maximum atomic E-state index is 13.3. The summed E-state index contributed by atoms with van der Waals surface area (Å²) in [5, 5.41) is 20.3. The van der Waals surface area contributed by atoms with E-state index in [9.17, 15) is 23.2 Å². The van der Waals surface area contributed by atoms with Crippen LogP contribution in [0.1, 0.15) is 60.1 Å². The Bertz CT molecular complexity index is 1110. The van der Waals surface area contributed by atoms with Crippen molar-refractivity contribution in [3.63, 3.8) is 0 Å². The zero-order chi connectivity index (χ0) is 26.2. The summed E-state index contributed by atoms with van der Waals surface area (Å²) >= 11 is 0. The second kappa shape index (κ2) is 12.2. The van der Waals surface area contributed by atoms with E-state index in [1.165, 1.54) is 53.9 Å². The van der Waals surface area contributed by atoms with Crippen LogP contribution in [-0.2, 0) is 11.3 Å². The average molecular weight is 507 g/mol. The molecule has 10 nitrogen and oxygen atoms in total. The number of fused-ring (bicyclic) bond motifs is 1. The van der Waals surface area contributed by atoms with Crippen molar-refractivity contribution >= 4 is 23.6 Å². The molecule has 12 heteroatoms. The molecule has 0 radical (unpaired) electrons. The average Bonchev–Trinajstić information content (AvgIpc) is 3.68. The number of ether oxygens (including phenoxy) is 2. The van der Waals surface area contributed by atoms with Gasteiger partial charge in [-0.15, -0.1) is 0 Å². The van der Waals surface area contributed by atoms with Crippen molar-refractivity contribution in [1.82, 2.24) is 10.4 Å². The first kappa shape index (κ1) is 26.7.